The standard InChI is InChI=1S/C19H16N4O4/c24-18-10-13(8-9-17(18)23(26)27)11-21-22-19(25)12-20-16-7-3-5-14-4-1-2-6-15(14)16/h1-11,20,24H,12H2,(H,22,25). The van der Waals surface area contributed by atoms with Crippen molar-refractivity contribution in [1.29, 1.82) is 0 Å². The van der Waals surface area contributed by atoms with Crippen LogP contribution < -0.4 is 10.7 Å². The third kappa shape index (κ3) is 4.37. The molecular formula is C19H16N4O4. The van der Waals surface area contributed by atoms with Crippen LogP contribution in [0, 0.1) is 10.1 Å². The molecule has 3 rings (SSSR count). The number of carbonyl (C=O) groups excluding carboxylic acids is 1. The summed E-state index contributed by atoms with van der Waals surface area (Å²) in [6.07, 6.45) is 1.29. The van der Waals surface area contributed by atoms with Gasteiger partial charge in [0.15, 0.2) is 5.75 Å². The highest BCUT2D eigenvalue weighted by Crippen LogP contribution is 2.25. The van der Waals surface area contributed by atoms with E-state index in [1.165, 1.54) is 24.4 Å². The largest absolute Gasteiger partial charge is 0.502 e. The molecule has 0 atom stereocenters. The average Bonchev–Trinajstić information content (AvgIpc) is 2.66. The summed E-state index contributed by atoms with van der Waals surface area (Å²) in [6, 6.07) is 17.4. The molecule has 0 fully saturated rings. The van der Waals surface area contributed by atoms with Crippen LogP contribution in [-0.4, -0.2) is 28.7 Å². The third-order valence-corrected chi connectivity index (χ3v) is 3.83. The number of nitrogens with one attached hydrogen (secondary N) is 2. The minimum atomic E-state index is -0.684. The Morgan fingerprint density at radius 3 is 2.70 bits per heavy atom. The number of nitro groups is 1. The number of phenolic OH excluding ortho intramolecular Hbond substituents is 1. The van der Waals surface area contributed by atoms with E-state index in [1.54, 1.807) is 0 Å². The molecule has 0 radical (unpaired) electrons. The summed E-state index contributed by atoms with van der Waals surface area (Å²) in [5.74, 6) is -0.821. The summed E-state index contributed by atoms with van der Waals surface area (Å²) >= 11 is 0. The Bertz CT molecular complexity index is 1030. The molecule has 0 unspecified atom stereocenters. The fourth-order valence-corrected chi connectivity index (χ4v) is 2.55. The van der Waals surface area contributed by atoms with Crippen LogP contribution in [-0.2, 0) is 4.79 Å². The number of amides is 1. The maximum atomic E-state index is 11.9. The van der Waals surface area contributed by atoms with Gasteiger partial charge in [0.2, 0.25) is 0 Å². The molecule has 3 N–H and O–H groups in total. The topological polar surface area (TPSA) is 117 Å². The lowest BCUT2D eigenvalue weighted by Crippen LogP contribution is -2.25. The first-order valence-corrected chi connectivity index (χ1v) is 8.05. The van der Waals surface area contributed by atoms with E-state index >= 15 is 0 Å². The van der Waals surface area contributed by atoms with Crippen LogP contribution in [0.25, 0.3) is 10.8 Å². The van der Waals surface area contributed by atoms with Crippen LogP contribution in [0.15, 0.2) is 65.8 Å². The second kappa shape index (κ2) is 7.96. The Labute approximate surface area is 154 Å². The molecule has 0 aliphatic rings. The number of nitrogens with zero attached hydrogens (tertiary/aromatic N) is 2. The Hall–Kier alpha value is -3.94. The van der Waals surface area contributed by atoms with Gasteiger partial charge in [-0.1, -0.05) is 36.4 Å². The molecule has 8 nitrogen and oxygen atoms in total. The monoisotopic (exact) mass is 364 g/mol. The Balaban J connectivity index is 1.57. The summed E-state index contributed by atoms with van der Waals surface area (Å²) in [5, 5.41) is 29.2. The van der Waals surface area contributed by atoms with Crippen molar-refractivity contribution in [3.05, 3.63) is 76.3 Å². The first kappa shape index (κ1) is 17.9. The van der Waals surface area contributed by atoms with E-state index in [9.17, 15) is 20.0 Å². The highest BCUT2D eigenvalue weighted by molar-refractivity contribution is 5.95. The smallest absolute Gasteiger partial charge is 0.310 e. The van der Waals surface area contributed by atoms with Gasteiger partial charge in [-0.15, -0.1) is 0 Å². The number of rotatable bonds is 6. The molecule has 27 heavy (non-hydrogen) atoms. The number of nitro benzene ring substituents is 1. The zero-order chi connectivity index (χ0) is 19.2. The predicted molar refractivity (Wildman–Crippen MR) is 103 cm³/mol. The van der Waals surface area contributed by atoms with Gasteiger partial charge in [0.1, 0.15) is 0 Å². The molecule has 0 aliphatic heterocycles. The van der Waals surface area contributed by atoms with E-state index in [4.69, 9.17) is 0 Å². The highest BCUT2D eigenvalue weighted by Gasteiger charge is 2.12. The van der Waals surface area contributed by atoms with E-state index in [0.717, 1.165) is 16.5 Å². The van der Waals surface area contributed by atoms with Gasteiger partial charge in [-0.05, 0) is 29.1 Å². The van der Waals surface area contributed by atoms with Crippen LogP contribution in [0.2, 0.25) is 0 Å². The molecule has 0 saturated carbocycles. The van der Waals surface area contributed by atoms with Crippen molar-refractivity contribution in [2.75, 3.05) is 11.9 Å². The number of benzene rings is 3. The predicted octanol–water partition coefficient (Wildman–Crippen LogP) is 3.02. The summed E-state index contributed by atoms with van der Waals surface area (Å²) < 4.78 is 0. The first-order valence-electron chi connectivity index (χ1n) is 8.05. The van der Waals surface area contributed by atoms with Crippen LogP contribution in [0.3, 0.4) is 0 Å². The first-order chi connectivity index (χ1) is 13.0. The van der Waals surface area contributed by atoms with Crippen LogP contribution in [0.4, 0.5) is 11.4 Å². The lowest BCUT2D eigenvalue weighted by molar-refractivity contribution is -0.385. The molecule has 0 aliphatic carbocycles. The van der Waals surface area contributed by atoms with Crippen molar-refractivity contribution in [3.63, 3.8) is 0 Å². The van der Waals surface area contributed by atoms with E-state index < -0.39 is 16.4 Å². The summed E-state index contributed by atoms with van der Waals surface area (Å²) in [5.41, 5.74) is 3.22. The fraction of sp³-hybridized carbons (Fsp3) is 0.0526. The van der Waals surface area contributed by atoms with Crippen molar-refractivity contribution in [2.45, 2.75) is 0 Å². The van der Waals surface area contributed by atoms with Crippen molar-refractivity contribution in [3.8, 4) is 5.75 Å². The quantitative estimate of drug-likeness (QED) is 0.353. The SMILES string of the molecule is O=C(CNc1cccc2ccccc12)NN=Cc1ccc([N+](=O)[O-])c(O)c1. The number of anilines is 1. The molecule has 0 bridgehead atoms. The van der Waals surface area contributed by atoms with E-state index in [2.05, 4.69) is 15.8 Å². The lowest BCUT2D eigenvalue weighted by atomic mass is 10.1. The number of phenols is 1. The molecule has 0 aromatic heterocycles. The van der Waals surface area contributed by atoms with Crippen molar-refractivity contribution >= 4 is 34.3 Å². The molecule has 0 heterocycles. The molecule has 1 amide bonds. The molecule has 0 spiro atoms. The van der Waals surface area contributed by atoms with E-state index in [-0.39, 0.29) is 12.5 Å². The molecule has 3 aromatic rings. The molecular weight excluding hydrogens is 348 g/mol. The zero-order valence-electron chi connectivity index (χ0n) is 14.1. The summed E-state index contributed by atoms with van der Waals surface area (Å²) in [7, 11) is 0. The van der Waals surface area contributed by atoms with Crippen molar-refractivity contribution in [1.82, 2.24) is 5.43 Å². The van der Waals surface area contributed by atoms with Crippen LogP contribution >= 0.6 is 0 Å². The minimum absolute atomic E-state index is 0.0247. The number of hydrogen-bond acceptors (Lipinski definition) is 6. The molecule has 136 valence electrons. The number of carbonyl (C=O) groups is 1. The fourth-order valence-electron chi connectivity index (χ4n) is 2.55. The number of fused-ring (bicyclic) bond motifs is 1. The minimum Gasteiger partial charge on any atom is -0.502 e. The number of hydrogen-bond donors (Lipinski definition) is 3. The van der Waals surface area contributed by atoms with Gasteiger partial charge in [-0.2, -0.15) is 5.10 Å². The van der Waals surface area contributed by atoms with Gasteiger partial charge in [0.05, 0.1) is 17.7 Å². The Morgan fingerprint density at radius 2 is 1.93 bits per heavy atom. The summed E-state index contributed by atoms with van der Waals surface area (Å²) in [6.45, 7) is 0.0247. The molecule has 3 aromatic carbocycles. The Kier molecular flexibility index (Phi) is 5.27. The maximum absolute atomic E-state index is 11.9. The maximum Gasteiger partial charge on any atom is 0.310 e. The lowest BCUT2D eigenvalue weighted by Gasteiger charge is -2.08. The van der Waals surface area contributed by atoms with Gasteiger partial charge in [0.25, 0.3) is 5.91 Å². The third-order valence-electron chi connectivity index (χ3n) is 3.83. The van der Waals surface area contributed by atoms with Crippen molar-refractivity contribution in [2.24, 2.45) is 5.10 Å². The van der Waals surface area contributed by atoms with Crippen LogP contribution in [0.1, 0.15) is 5.56 Å². The van der Waals surface area contributed by atoms with E-state index in [1.807, 2.05) is 42.5 Å². The molecule has 8 heteroatoms. The Morgan fingerprint density at radius 1 is 1.15 bits per heavy atom. The average molecular weight is 364 g/mol. The normalized spacial score (nSPS) is 10.8. The van der Waals surface area contributed by atoms with Gasteiger partial charge >= 0.3 is 5.69 Å². The number of aromatic hydroxyl groups is 1. The van der Waals surface area contributed by atoms with Gasteiger partial charge in [0, 0.05) is 17.1 Å². The molecule has 0 saturated heterocycles. The zero-order valence-corrected chi connectivity index (χ0v) is 14.1. The highest BCUT2D eigenvalue weighted by atomic mass is 16.6. The van der Waals surface area contributed by atoms with Crippen LogP contribution in [0.5, 0.6) is 5.75 Å². The van der Waals surface area contributed by atoms with Gasteiger partial charge < -0.3 is 10.4 Å². The van der Waals surface area contributed by atoms with Gasteiger partial charge in [-0.25, -0.2) is 5.43 Å². The van der Waals surface area contributed by atoms with Gasteiger partial charge in [-0.3, -0.25) is 14.9 Å². The summed E-state index contributed by atoms with van der Waals surface area (Å²) in [4.78, 5) is 21.9. The number of hydrazone groups is 1. The van der Waals surface area contributed by atoms with Crippen molar-refractivity contribution < 1.29 is 14.8 Å². The second-order valence-corrected chi connectivity index (χ2v) is 5.68. The van der Waals surface area contributed by atoms with E-state index in [0.29, 0.717) is 5.56 Å². The second-order valence-electron chi connectivity index (χ2n) is 5.68.